The summed E-state index contributed by atoms with van der Waals surface area (Å²) in [6, 6.07) is 4.31. The van der Waals surface area contributed by atoms with Gasteiger partial charge in [0.05, 0.1) is 0 Å². The van der Waals surface area contributed by atoms with Crippen LogP contribution in [-0.4, -0.2) is 69.3 Å². The first-order chi connectivity index (χ1) is 28.5. The minimum Gasteiger partial charge on any atom is -0.478 e. The predicted octanol–water partition coefficient (Wildman–Crippen LogP) is 5.63. The first-order valence-electron chi connectivity index (χ1n) is 21.7. The van der Waals surface area contributed by atoms with E-state index < -0.39 is 129 Å². The molecule has 8 nitrogen and oxygen atoms in total. The Labute approximate surface area is 294 Å². The first kappa shape index (κ1) is 18.2. The van der Waals surface area contributed by atoms with Crippen LogP contribution in [-0.2, 0) is 15.2 Å². The van der Waals surface area contributed by atoms with Gasteiger partial charge in [-0.25, -0.2) is 29.1 Å². The lowest BCUT2D eigenvalue weighted by Gasteiger charge is -2.38. The molecule has 1 aliphatic carbocycles. The standard InChI is InChI=1S/C35H33F3N4O4Si/c1-40-35(19-39,46-20-45-2)30-31(36)28(29(34(43)44)32(37)33(30)38)27-23-11-9-21(41-13-5-6-14-41)17-25(23)47(3,4)26-18-22(10-12-24(26)27)42-15-7-8-16-42/h9-12,17-18H,5-8,13-16,20H2,2-4H3/p+1/i5D2,6D2,7D2,8D2,13D2,14D2,15D2,16D2. The quantitative estimate of drug-likeness (QED) is 0.135. The Balaban J connectivity index is 1.83. The van der Waals surface area contributed by atoms with Gasteiger partial charge >= 0.3 is 11.7 Å². The normalized spacial score (nSPS) is 33.2. The van der Waals surface area contributed by atoms with Crippen molar-refractivity contribution in [2.24, 2.45) is 0 Å². The van der Waals surface area contributed by atoms with Crippen molar-refractivity contribution in [3.8, 4) is 6.07 Å². The number of halogens is 3. The number of carboxylic acid groups (broad SMARTS) is 1. The van der Waals surface area contributed by atoms with Gasteiger partial charge in [-0.1, -0.05) is 19.2 Å². The predicted molar refractivity (Wildman–Crippen MR) is 173 cm³/mol. The van der Waals surface area contributed by atoms with E-state index in [1.54, 1.807) is 0 Å². The molecule has 0 spiro atoms. The van der Waals surface area contributed by atoms with Gasteiger partial charge in [0.1, 0.15) is 32.1 Å². The highest BCUT2D eigenvalue weighted by Crippen LogP contribution is 2.46. The number of benzene rings is 2. The number of nitrogens with zero attached hydrogens (tertiary/aromatic N) is 4. The van der Waals surface area contributed by atoms with E-state index in [0.717, 1.165) is 43.5 Å². The largest absolute Gasteiger partial charge is 0.478 e. The lowest BCUT2D eigenvalue weighted by atomic mass is 9.84. The zero-order valence-corrected chi connectivity index (χ0v) is 25.8. The number of rotatable bonds is 7. The summed E-state index contributed by atoms with van der Waals surface area (Å²) in [5, 5.41) is 20.3. The third kappa shape index (κ3) is 5.12. The SMILES string of the molecule is [2H]C1([2H])N(c2ccc3c(c2)[Si](C)(C)C2=CC(=[N+]4C([2H])([2H])C([2H])([2H])C([2H])([2H])C4([2H])[2H])C=CC2=C3c2c(F)c(C(C#N)([N+]#[C-])OCOC)c(F)c(F)c2C(=O)O)C([2H])([2H])C([2H])([2H])C1([2H])[2H]. The molecule has 0 amide bonds. The molecule has 0 saturated carbocycles. The summed E-state index contributed by atoms with van der Waals surface area (Å²) in [6.45, 7) is -4.00. The maximum atomic E-state index is 17.5. The van der Waals surface area contributed by atoms with Gasteiger partial charge in [-0.05, 0) is 58.0 Å². The van der Waals surface area contributed by atoms with E-state index in [0.29, 0.717) is 0 Å². The topological polar surface area (TPSA) is 90.2 Å². The second-order valence-electron chi connectivity index (χ2n) is 10.9. The summed E-state index contributed by atoms with van der Waals surface area (Å²) in [4.78, 5) is 16.0. The van der Waals surface area contributed by atoms with E-state index in [9.17, 15) is 15.2 Å². The zero-order chi connectivity index (χ0) is 48.0. The van der Waals surface area contributed by atoms with E-state index in [2.05, 4.69) is 4.85 Å². The summed E-state index contributed by atoms with van der Waals surface area (Å²) in [6.07, 6.45) is -11.1. The molecule has 2 aromatic carbocycles. The van der Waals surface area contributed by atoms with Crippen LogP contribution in [0, 0.1) is 35.4 Å². The Morgan fingerprint density at radius 3 is 2.49 bits per heavy atom. The number of allylic oxidation sites excluding steroid dienone is 5. The van der Waals surface area contributed by atoms with Crippen LogP contribution in [0.2, 0.25) is 13.1 Å². The maximum Gasteiger partial charge on any atom is 0.460 e. The molecule has 1 atom stereocenters. The lowest BCUT2D eigenvalue weighted by molar-refractivity contribution is -0.504. The van der Waals surface area contributed by atoms with Gasteiger partial charge in [-0.15, -0.1) is 0 Å². The molecule has 242 valence electrons. The highest BCUT2D eigenvalue weighted by molar-refractivity contribution is 6.98. The van der Waals surface area contributed by atoms with Crippen molar-refractivity contribution in [2.75, 3.05) is 44.8 Å². The van der Waals surface area contributed by atoms with Crippen molar-refractivity contribution in [2.45, 2.75) is 44.3 Å². The average Bonchev–Trinajstić information content (AvgIpc) is 3.29. The summed E-state index contributed by atoms with van der Waals surface area (Å²) < 4.78 is 196. The van der Waals surface area contributed by atoms with Gasteiger partial charge in [0.25, 0.3) is 0 Å². The molecular formula is C35H34F3N4O4Si+. The molecule has 3 heterocycles. The minimum atomic E-state index is -3.79. The highest BCUT2D eigenvalue weighted by Gasteiger charge is 2.51. The molecule has 3 aliphatic heterocycles. The van der Waals surface area contributed by atoms with Crippen molar-refractivity contribution in [3.63, 3.8) is 0 Å². The molecule has 0 bridgehead atoms. The number of carbonyl (C=O) groups is 1. The molecule has 47 heavy (non-hydrogen) atoms. The van der Waals surface area contributed by atoms with E-state index in [-0.39, 0.29) is 31.0 Å². The fourth-order valence-electron chi connectivity index (χ4n) is 5.83. The third-order valence-corrected chi connectivity index (χ3v) is 11.5. The third-order valence-electron chi connectivity index (χ3n) is 8.02. The second kappa shape index (κ2) is 12.3. The number of ether oxygens (including phenoxy) is 2. The maximum absolute atomic E-state index is 17.5. The second-order valence-corrected chi connectivity index (χ2v) is 15.2. The zero-order valence-electron chi connectivity index (χ0n) is 40.8. The number of methoxy groups -OCH3 is 1. The molecule has 12 heteroatoms. The molecular weight excluding hydrogens is 625 g/mol. The van der Waals surface area contributed by atoms with E-state index >= 15 is 13.2 Å². The molecule has 2 fully saturated rings. The van der Waals surface area contributed by atoms with E-state index in [4.69, 9.17) is 38.0 Å². The van der Waals surface area contributed by atoms with Gasteiger partial charge in [0.2, 0.25) is 0 Å². The van der Waals surface area contributed by atoms with Crippen LogP contribution in [0.15, 0.2) is 47.2 Å². The monoisotopic (exact) mass is 675 g/mol. The van der Waals surface area contributed by atoms with Crippen molar-refractivity contribution >= 4 is 36.2 Å². The molecule has 2 aromatic rings. The number of nitriles is 1. The van der Waals surface area contributed by atoms with Crippen LogP contribution in [0.1, 0.15) is 74.5 Å². The van der Waals surface area contributed by atoms with Crippen molar-refractivity contribution in [1.82, 2.24) is 0 Å². The number of anilines is 1. The summed E-state index contributed by atoms with van der Waals surface area (Å²) in [5.41, 5.74) is -10.3. The molecule has 0 aromatic heterocycles. The Kier molecular flexibility index (Phi) is 4.74. The Hall–Kier alpha value is -4.49. The number of fused-ring (bicyclic) bond motifs is 2. The molecule has 6 rings (SSSR count). The van der Waals surface area contributed by atoms with Crippen LogP contribution >= 0.6 is 0 Å². The Bertz CT molecular complexity index is 2570. The van der Waals surface area contributed by atoms with Gasteiger partial charge in [0.15, 0.2) is 41.6 Å². The van der Waals surface area contributed by atoms with Gasteiger partial charge in [-0.2, -0.15) is 5.26 Å². The van der Waals surface area contributed by atoms with E-state index in [1.807, 2.05) is 0 Å². The van der Waals surface area contributed by atoms with Gasteiger partial charge in [-0.3, -0.25) is 9.58 Å². The van der Waals surface area contributed by atoms with Crippen molar-refractivity contribution in [1.29, 1.82) is 5.26 Å². The van der Waals surface area contributed by atoms with Gasteiger partial charge in [0, 0.05) is 72.7 Å². The fraction of sp³-hybridized carbons (Fsp3) is 0.371. The van der Waals surface area contributed by atoms with Crippen LogP contribution in [0.25, 0.3) is 10.4 Å². The van der Waals surface area contributed by atoms with Crippen molar-refractivity contribution in [3.05, 3.63) is 98.3 Å². The number of hydrogen-bond donors (Lipinski definition) is 1. The van der Waals surface area contributed by atoms with E-state index in [1.165, 1.54) is 19.2 Å². The van der Waals surface area contributed by atoms with Gasteiger partial charge < -0.3 is 14.7 Å². The first-order valence-corrected chi connectivity index (χ1v) is 16.7. The molecule has 0 radical (unpaired) electrons. The number of aromatic carboxylic acids is 1. The van der Waals surface area contributed by atoms with Crippen LogP contribution in [0.3, 0.4) is 0 Å². The smallest absolute Gasteiger partial charge is 0.460 e. The van der Waals surface area contributed by atoms with Crippen LogP contribution in [0.4, 0.5) is 18.9 Å². The van der Waals surface area contributed by atoms with Crippen LogP contribution in [0.5, 0.6) is 0 Å². The summed E-state index contributed by atoms with van der Waals surface area (Å²) >= 11 is 0. The molecule has 4 aliphatic rings. The number of hydrogen-bond acceptors (Lipinski definition) is 5. The molecule has 2 saturated heterocycles. The summed E-state index contributed by atoms with van der Waals surface area (Å²) in [7, 11) is -2.77. The Morgan fingerprint density at radius 2 is 1.87 bits per heavy atom. The minimum absolute atomic E-state index is 0.0771. The average molecular weight is 676 g/mol. The summed E-state index contributed by atoms with van der Waals surface area (Å²) in [5.74, 6) is -8.91. The van der Waals surface area contributed by atoms with Crippen molar-refractivity contribution < 1.29 is 59.1 Å². The molecule has 1 N–H and O–H groups in total. The van der Waals surface area contributed by atoms with Crippen LogP contribution < -0.4 is 10.1 Å². The molecule has 1 unspecified atom stereocenters. The number of carboxylic acids is 1. The fourth-order valence-corrected chi connectivity index (χ4v) is 8.90. The lowest BCUT2D eigenvalue weighted by Crippen LogP contribution is -2.50. The Morgan fingerprint density at radius 1 is 1.17 bits per heavy atom. The highest BCUT2D eigenvalue weighted by atomic mass is 28.3.